The molecule has 0 heterocycles. The molecule has 0 aromatic carbocycles. The largest absolute Gasteiger partial charge is 0.394 e. The molecule has 0 saturated carbocycles. The molecule has 0 rings (SSSR count). The predicted molar refractivity (Wildman–Crippen MR) is 187 cm³/mol. The molecule has 12 nitrogen and oxygen atoms in total. The van der Waals surface area contributed by atoms with E-state index in [1.807, 2.05) is 13.8 Å². The van der Waals surface area contributed by atoms with E-state index in [9.17, 15) is 29.1 Å². The van der Waals surface area contributed by atoms with Crippen LogP contribution in [0.4, 0.5) is 0 Å². The van der Waals surface area contributed by atoms with Gasteiger partial charge < -0.3 is 32.5 Å². The predicted octanol–water partition coefficient (Wildman–Crippen LogP) is 3.81. The highest BCUT2D eigenvalue weighted by Gasteiger charge is 2.29. The first-order valence-corrected chi connectivity index (χ1v) is 18.0. The molecule has 0 aromatic heterocycles. The Morgan fingerprint density at radius 1 is 0.681 bits per heavy atom. The number of ketones is 2. The van der Waals surface area contributed by atoms with Gasteiger partial charge in [-0.25, -0.2) is 0 Å². The lowest BCUT2D eigenvalue weighted by atomic mass is 9.87. The fourth-order valence-corrected chi connectivity index (χ4v) is 5.47. The second-order valence-electron chi connectivity index (χ2n) is 13.0. The number of nitrogens with one attached hydrogen (secondary N) is 3. The number of guanidine groups is 1. The van der Waals surface area contributed by atoms with Gasteiger partial charge in [-0.05, 0) is 25.2 Å². The Bertz CT molecular complexity index is 938. The van der Waals surface area contributed by atoms with Crippen LogP contribution in [0.3, 0.4) is 0 Å². The number of rotatable bonds is 30. The summed E-state index contributed by atoms with van der Waals surface area (Å²) in [4.78, 5) is 67.3. The van der Waals surface area contributed by atoms with Crippen LogP contribution in [0.15, 0.2) is 4.99 Å². The number of aliphatic hydroxyl groups excluding tert-OH is 1. The number of hydrogen-bond acceptors (Lipinski definition) is 7. The van der Waals surface area contributed by atoms with Crippen molar-refractivity contribution in [1.82, 2.24) is 16.0 Å². The zero-order valence-electron chi connectivity index (χ0n) is 29.7. The fourth-order valence-electron chi connectivity index (χ4n) is 5.47. The Morgan fingerprint density at radius 2 is 1.19 bits per heavy atom. The fraction of sp³-hybridized carbons (Fsp3) is 0.829. The zero-order chi connectivity index (χ0) is 35.5. The van der Waals surface area contributed by atoms with E-state index in [4.69, 9.17) is 11.5 Å². The van der Waals surface area contributed by atoms with E-state index < -0.39 is 36.3 Å². The monoisotopic (exact) mass is 667 g/mol. The highest BCUT2D eigenvalue weighted by molar-refractivity contribution is 5.94. The Morgan fingerprint density at radius 3 is 1.68 bits per heavy atom. The van der Waals surface area contributed by atoms with Crippen molar-refractivity contribution in [1.29, 1.82) is 0 Å². The van der Waals surface area contributed by atoms with Gasteiger partial charge in [0, 0.05) is 45.2 Å². The summed E-state index contributed by atoms with van der Waals surface area (Å²) in [6.45, 7) is 5.63. The van der Waals surface area contributed by atoms with Gasteiger partial charge in [-0.2, -0.15) is 0 Å². The van der Waals surface area contributed by atoms with E-state index in [2.05, 4.69) is 27.9 Å². The molecule has 0 fully saturated rings. The highest BCUT2D eigenvalue weighted by atomic mass is 16.3. The maximum atomic E-state index is 13.2. The number of amides is 3. The summed E-state index contributed by atoms with van der Waals surface area (Å²) >= 11 is 0. The van der Waals surface area contributed by atoms with E-state index in [0.29, 0.717) is 12.8 Å². The molecule has 0 aliphatic carbocycles. The van der Waals surface area contributed by atoms with Gasteiger partial charge in [0.1, 0.15) is 6.04 Å². The summed E-state index contributed by atoms with van der Waals surface area (Å²) in [5.74, 6) is -2.56. The van der Waals surface area contributed by atoms with Gasteiger partial charge in [-0.3, -0.25) is 29.0 Å². The molecule has 8 N–H and O–H groups in total. The minimum absolute atomic E-state index is 0.0542. The molecule has 0 aliphatic rings. The minimum atomic E-state index is -1.09. The van der Waals surface area contributed by atoms with Crippen LogP contribution in [0.5, 0.6) is 0 Å². The molecule has 0 radical (unpaired) electrons. The first-order chi connectivity index (χ1) is 22.5. The Hall–Kier alpha value is -3.02. The van der Waals surface area contributed by atoms with Crippen molar-refractivity contribution in [3.05, 3.63) is 0 Å². The molecule has 0 saturated heterocycles. The first-order valence-electron chi connectivity index (χ1n) is 18.0. The molecule has 0 aromatic rings. The van der Waals surface area contributed by atoms with Gasteiger partial charge in [0.25, 0.3) is 0 Å². The van der Waals surface area contributed by atoms with Crippen LogP contribution in [-0.4, -0.2) is 72.6 Å². The summed E-state index contributed by atoms with van der Waals surface area (Å²) in [5.41, 5.74) is 10.7. The van der Waals surface area contributed by atoms with Gasteiger partial charge >= 0.3 is 0 Å². The van der Waals surface area contributed by atoms with Crippen LogP contribution >= 0.6 is 0 Å². The molecule has 0 bridgehead atoms. The van der Waals surface area contributed by atoms with Crippen LogP contribution in [0, 0.1) is 11.8 Å². The number of unbranched alkanes of at least 4 members (excludes halogenated alkanes) is 12. The summed E-state index contributed by atoms with van der Waals surface area (Å²) in [6, 6.07) is -1.97. The van der Waals surface area contributed by atoms with Crippen molar-refractivity contribution < 1.29 is 29.1 Å². The molecule has 3 atom stereocenters. The van der Waals surface area contributed by atoms with Crippen LogP contribution in [0.1, 0.15) is 143 Å². The molecule has 272 valence electrons. The van der Waals surface area contributed by atoms with E-state index in [0.717, 1.165) is 19.3 Å². The number of Topliss-reactive ketones (excluding diaryl/α,β-unsaturated/α-hetero) is 2. The quantitative estimate of drug-likeness (QED) is 0.0377. The number of nitrogens with zero attached hydrogens (tertiary/aromatic N) is 1. The SMILES string of the molecule is CCCCCCCCCCCCCCCC(=O)N[C@@H](CO)C(=O)CCC(=O)N[C@@H](CCCN=C(N)N)C(=O)C[C@H](C(=O)NC)C(C)C. The number of nitrogens with two attached hydrogens (primary N) is 2. The highest BCUT2D eigenvalue weighted by Crippen LogP contribution is 2.18. The molecule has 0 spiro atoms. The van der Waals surface area contributed by atoms with Crippen molar-refractivity contribution in [2.24, 2.45) is 28.3 Å². The third-order valence-electron chi connectivity index (χ3n) is 8.49. The van der Waals surface area contributed by atoms with E-state index in [1.54, 1.807) is 0 Å². The second-order valence-corrected chi connectivity index (χ2v) is 13.0. The second kappa shape index (κ2) is 28.0. The van der Waals surface area contributed by atoms with E-state index >= 15 is 0 Å². The molecule has 0 unspecified atom stereocenters. The van der Waals surface area contributed by atoms with Gasteiger partial charge in [-0.15, -0.1) is 0 Å². The van der Waals surface area contributed by atoms with Gasteiger partial charge in [0.2, 0.25) is 17.7 Å². The molecule has 3 amide bonds. The van der Waals surface area contributed by atoms with Gasteiger partial charge in [0.15, 0.2) is 17.5 Å². The molecule has 47 heavy (non-hydrogen) atoms. The average Bonchev–Trinajstić information content (AvgIpc) is 3.04. The number of carbonyl (C=O) groups is 5. The maximum Gasteiger partial charge on any atom is 0.223 e. The molecule has 0 aliphatic heterocycles. The Balaban J connectivity index is 4.62. The smallest absolute Gasteiger partial charge is 0.223 e. The minimum Gasteiger partial charge on any atom is -0.394 e. The van der Waals surface area contributed by atoms with E-state index in [1.165, 1.54) is 64.8 Å². The standard InChI is InChI=1S/C35H66N6O6/c1-5-6-7-8-9-10-11-12-13-14-15-16-17-20-32(45)41-29(25-42)30(43)21-22-33(46)40-28(19-18-23-39-35(36)37)31(44)24-27(26(2)3)34(47)38-4/h26-29,42H,5-25H2,1-4H3,(H,38,47)(H,40,46)(H,41,45)(H4,36,37,39)/t27-,28-,29-/m0/s1. The number of aliphatic imine (C=N–C) groups is 1. The Labute approximate surface area is 283 Å². The van der Waals surface area contributed by atoms with Crippen molar-refractivity contribution in [2.75, 3.05) is 20.2 Å². The molecular weight excluding hydrogens is 600 g/mol. The van der Waals surface area contributed by atoms with Crippen molar-refractivity contribution in [3.8, 4) is 0 Å². The lowest BCUT2D eigenvalue weighted by Gasteiger charge is -2.23. The number of carbonyl (C=O) groups excluding carboxylic acids is 5. The van der Waals surface area contributed by atoms with Crippen LogP contribution in [-0.2, 0) is 24.0 Å². The zero-order valence-corrected chi connectivity index (χ0v) is 29.7. The van der Waals surface area contributed by atoms with Crippen molar-refractivity contribution in [2.45, 2.75) is 155 Å². The lowest BCUT2D eigenvalue weighted by Crippen LogP contribution is -2.45. The Kier molecular flexibility index (Phi) is 26.2. The molecular formula is C35H66N6O6. The van der Waals surface area contributed by atoms with Crippen LogP contribution in [0.25, 0.3) is 0 Å². The van der Waals surface area contributed by atoms with Gasteiger partial charge in [-0.1, -0.05) is 97.8 Å². The lowest BCUT2D eigenvalue weighted by molar-refractivity contribution is -0.133. The third-order valence-corrected chi connectivity index (χ3v) is 8.49. The molecule has 12 heteroatoms. The summed E-state index contributed by atoms with van der Waals surface area (Å²) < 4.78 is 0. The summed E-state index contributed by atoms with van der Waals surface area (Å²) in [5, 5.41) is 17.6. The number of aliphatic hydroxyl groups is 1. The number of hydrogen-bond donors (Lipinski definition) is 6. The van der Waals surface area contributed by atoms with Crippen LogP contribution < -0.4 is 27.4 Å². The van der Waals surface area contributed by atoms with Gasteiger partial charge in [0.05, 0.1) is 12.6 Å². The topological polar surface area (TPSA) is 206 Å². The normalized spacial score (nSPS) is 13.0. The third kappa shape index (κ3) is 23.0. The van der Waals surface area contributed by atoms with E-state index in [-0.39, 0.29) is 68.1 Å². The summed E-state index contributed by atoms with van der Waals surface area (Å²) in [6.07, 6.45) is 16.1. The maximum absolute atomic E-state index is 13.2. The first kappa shape index (κ1) is 44.0. The van der Waals surface area contributed by atoms with Crippen LogP contribution in [0.2, 0.25) is 0 Å². The van der Waals surface area contributed by atoms with Crippen molar-refractivity contribution >= 4 is 35.2 Å². The van der Waals surface area contributed by atoms with Crippen molar-refractivity contribution in [3.63, 3.8) is 0 Å². The average molecular weight is 667 g/mol. The summed E-state index contributed by atoms with van der Waals surface area (Å²) in [7, 11) is 1.51.